The van der Waals surface area contributed by atoms with Gasteiger partial charge in [0.25, 0.3) is 0 Å². The minimum Gasteiger partial charge on any atom is -0.497 e. The first-order valence-electron chi connectivity index (χ1n) is 6.24. The molecule has 2 amide bonds. The highest BCUT2D eigenvalue weighted by atomic mass is 79.9. The summed E-state index contributed by atoms with van der Waals surface area (Å²) in [5.41, 5.74) is 0.697. The van der Waals surface area contributed by atoms with E-state index in [2.05, 4.69) is 26.6 Å². The number of hydrogen-bond donors (Lipinski definition) is 2. The summed E-state index contributed by atoms with van der Waals surface area (Å²) >= 11 is 3.25. The average Bonchev–Trinajstić information content (AvgIpc) is 2.38. The number of benzene rings is 1. The molecule has 1 aromatic rings. The summed E-state index contributed by atoms with van der Waals surface area (Å²) in [7, 11) is 1.58. The van der Waals surface area contributed by atoms with Crippen LogP contribution in [-0.4, -0.2) is 29.8 Å². The quantitative estimate of drug-likeness (QED) is 0.779. The number of nitrogens with one attached hydrogen (secondary N) is 2. The summed E-state index contributed by atoms with van der Waals surface area (Å²) in [6.07, 6.45) is 0.223. The van der Waals surface area contributed by atoms with Crippen LogP contribution < -0.4 is 15.4 Å². The fourth-order valence-corrected chi connectivity index (χ4v) is 1.54. The van der Waals surface area contributed by atoms with Crippen LogP contribution in [0.25, 0.3) is 0 Å². The van der Waals surface area contributed by atoms with Crippen LogP contribution in [0.4, 0.5) is 5.69 Å². The Morgan fingerprint density at radius 2 is 1.85 bits per heavy atom. The van der Waals surface area contributed by atoms with Crippen molar-refractivity contribution in [3.05, 3.63) is 24.3 Å². The van der Waals surface area contributed by atoms with Crippen molar-refractivity contribution in [1.82, 2.24) is 5.32 Å². The number of methoxy groups -OCH3 is 1. The third kappa shape index (κ3) is 5.61. The molecule has 0 aromatic heterocycles. The van der Waals surface area contributed by atoms with Crippen LogP contribution >= 0.6 is 15.9 Å². The maximum atomic E-state index is 11.7. The third-order valence-electron chi connectivity index (χ3n) is 2.55. The summed E-state index contributed by atoms with van der Waals surface area (Å²) in [6, 6.07) is 7.06. The molecule has 20 heavy (non-hydrogen) atoms. The Morgan fingerprint density at radius 1 is 1.25 bits per heavy atom. The van der Waals surface area contributed by atoms with Gasteiger partial charge in [-0.2, -0.15) is 0 Å². The van der Waals surface area contributed by atoms with Crippen LogP contribution in [0.1, 0.15) is 20.3 Å². The van der Waals surface area contributed by atoms with Gasteiger partial charge in [-0.05, 0) is 38.1 Å². The monoisotopic (exact) mass is 342 g/mol. The van der Waals surface area contributed by atoms with Gasteiger partial charge in [0, 0.05) is 18.7 Å². The minimum atomic E-state index is -0.626. The highest BCUT2D eigenvalue weighted by Gasteiger charge is 2.22. The minimum absolute atomic E-state index is 0.144. The van der Waals surface area contributed by atoms with E-state index < -0.39 is 4.32 Å². The van der Waals surface area contributed by atoms with E-state index in [9.17, 15) is 9.59 Å². The number of rotatable bonds is 6. The Balaban J connectivity index is 2.35. The molecule has 0 atom stereocenters. The zero-order chi connectivity index (χ0) is 15.2. The molecule has 0 heterocycles. The third-order valence-corrected chi connectivity index (χ3v) is 2.91. The van der Waals surface area contributed by atoms with Gasteiger partial charge in [0.1, 0.15) is 5.75 Å². The molecule has 0 saturated heterocycles. The molecule has 0 aliphatic carbocycles. The molecule has 0 fully saturated rings. The molecule has 0 aliphatic heterocycles. The molecule has 0 spiro atoms. The van der Waals surface area contributed by atoms with Crippen LogP contribution in [0, 0.1) is 0 Å². The molecule has 0 radical (unpaired) electrons. The Kier molecular flexibility index (Phi) is 6.01. The lowest BCUT2D eigenvalue weighted by atomic mass is 10.2. The second-order valence-corrected chi connectivity index (χ2v) is 6.74. The summed E-state index contributed by atoms with van der Waals surface area (Å²) in [6.45, 7) is 3.80. The van der Waals surface area contributed by atoms with Gasteiger partial charge in [-0.3, -0.25) is 9.59 Å². The Labute approximate surface area is 127 Å². The van der Waals surface area contributed by atoms with Crippen LogP contribution in [0.15, 0.2) is 24.3 Å². The number of carbonyl (C=O) groups is 2. The molecular formula is C14H19BrN2O3. The lowest BCUT2D eigenvalue weighted by Gasteiger charge is -2.15. The van der Waals surface area contributed by atoms with Crippen molar-refractivity contribution in [1.29, 1.82) is 0 Å². The molecule has 0 saturated carbocycles. The van der Waals surface area contributed by atoms with Crippen LogP contribution in [0.3, 0.4) is 0 Å². The SMILES string of the molecule is COc1ccc(NC(=O)CCNC(=O)C(C)(C)Br)cc1. The standard InChI is InChI=1S/C14H19BrN2O3/c1-14(2,15)13(19)16-9-8-12(18)17-10-4-6-11(20-3)7-5-10/h4-7H,8-9H2,1-3H3,(H,16,19)(H,17,18). The number of amides is 2. The fourth-order valence-electron chi connectivity index (χ4n) is 1.40. The largest absolute Gasteiger partial charge is 0.497 e. The number of carbonyl (C=O) groups excluding carboxylic acids is 2. The zero-order valence-corrected chi connectivity index (χ0v) is 13.4. The van der Waals surface area contributed by atoms with Gasteiger partial charge in [-0.1, -0.05) is 15.9 Å². The van der Waals surface area contributed by atoms with Crippen LogP contribution in [0.5, 0.6) is 5.75 Å². The normalized spacial score (nSPS) is 10.8. The highest BCUT2D eigenvalue weighted by Crippen LogP contribution is 2.16. The van der Waals surface area contributed by atoms with Crippen molar-refractivity contribution in [2.45, 2.75) is 24.6 Å². The zero-order valence-electron chi connectivity index (χ0n) is 11.8. The number of alkyl halides is 1. The smallest absolute Gasteiger partial charge is 0.236 e. The first-order valence-corrected chi connectivity index (χ1v) is 7.03. The van der Waals surface area contributed by atoms with Crippen LogP contribution in [0.2, 0.25) is 0 Å². The predicted octanol–water partition coefficient (Wildman–Crippen LogP) is 2.31. The van der Waals surface area contributed by atoms with Crippen molar-refractivity contribution in [2.75, 3.05) is 19.0 Å². The topological polar surface area (TPSA) is 67.4 Å². The Hall–Kier alpha value is -1.56. The molecule has 110 valence electrons. The van der Waals surface area contributed by atoms with E-state index in [1.165, 1.54) is 0 Å². The summed E-state index contributed by atoms with van der Waals surface area (Å²) in [5.74, 6) is 0.437. The molecule has 5 nitrogen and oxygen atoms in total. The van der Waals surface area contributed by atoms with Crippen molar-refractivity contribution in [3.63, 3.8) is 0 Å². The molecule has 0 bridgehead atoms. The second kappa shape index (κ2) is 7.28. The molecule has 0 unspecified atom stereocenters. The predicted molar refractivity (Wildman–Crippen MR) is 82.3 cm³/mol. The van der Waals surface area contributed by atoms with Crippen molar-refractivity contribution in [2.24, 2.45) is 0 Å². The first-order chi connectivity index (χ1) is 9.32. The Bertz CT molecular complexity index is 466. The molecule has 1 aromatic carbocycles. The van der Waals surface area contributed by atoms with E-state index in [1.54, 1.807) is 45.2 Å². The summed E-state index contributed by atoms with van der Waals surface area (Å²) in [4.78, 5) is 23.3. The van der Waals surface area contributed by atoms with E-state index >= 15 is 0 Å². The average molecular weight is 343 g/mol. The molecule has 2 N–H and O–H groups in total. The van der Waals surface area contributed by atoms with E-state index in [0.29, 0.717) is 12.2 Å². The van der Waals surface area contributed by atoms with Gasteiger partial charge in [-0.15, -0.1) is 0 Å². The van der Waals surface area contributed by atoms with Gasteiger partial charge in [-0.25, -0.2) is 0 Å². The second-order valence-electron chi connectivity index (χ2n) is 4.76. The van der Waals surface area contributed by atoms with Gasteiger partial charge < -0.3 is 15.4 Å². The maximum absolute atomic E-state index is 11.7. The van der Waals surface area contributed by atoms with Crippen molar-refractivity contribution < 1.29 is 14.3 Å². The number of anilines is 1. The summed E-state index contributed by atoms with van der Waals surface area (Å²) < 4.78 is 4.41. The van der Waals surface area contributed by atoms with Crippen LogP contribution in [-0.2, 0) is 9.59 Å². The lowest BCUT2D eigenvalue weighted by Crippen LogP contribution is -2.38. The van der Waals surface area contributed by atoms with E-state index in [4.69, 9.17) is 4.74 Å². The fraction of sp³-hybridized carbons (Fsp3) is 0.429. The number of ether oxygens (including phenoxy) is 1. The number of hydrogen-bond acceptors (Lipinski definition) is 3. The van der Waals surface area contributed by atoms with E-state index in [-0.39, 0.29) is 18.2 Å². The molecular weight excluding hydrogens is 324 g/mol. The Morgan fingerprint density at radius 3 is 2.35 bits per heavy atom. The van der Waals surface area contributed by atoms with Gasteiger partial charge >= 0.3 is 0 Å². The molecule has 0 aliphatic rings. The van der Waals surface area contributed by atoms with Crippen molar-refractivity contribution >= 4 is 33.4 Å². The number of halogens is 1. The first kappa shape index (κ1) is 16.5. The highest BCUT2D eigenvalue weighted by molar-refractivity contribution is 9.10. The maximum Gasteiger partial charge on any atom is 0.236 e. The molecule has 6 heteroatoms. The van der Waals surface area contributed by atoms with E-state index in [1.807, 2.05) is 0 Å². The molecule has 1 rings (SSSR count). The van der Waals surface area contributed by atoms with Gasteiger partial charge in [0.15, 0.2) is 0 Å². The van der Waals surface area contributed by atoms with Gasteiger partial charge in [0.05, 0.1) is 11.4 Å². The van der Waals surface area contributed by atoms with Crippen molar-refractivity contribution in [3.8, 4) is 5.75 Å². The van der Waals surface area contributed by atoms with Gasteiger partial charge in [0.2, 0.25) is 11.8 Å². The summed E-state index contributed by atoms with van der Waals surface area (Å²) in [5, 5.41) is 5.44. The van der Waals surface area contributed by atoms with E-state index in [0.717, 1.165) is 5.75 Å². The lowest BCUT2D eigenvalue weighted by molar-refractivity contribution is -0.122.